The molecule has 20 heavy (non-hydrogen) atoms. The summed E-state index contributed by atoms with van der Waals surface area (Å²) in [5, 5.41) is 9.62. The monoisotopic (exact) mass is 296 g/mol. The molecule has 0 atom stereocenters. The van der Waals surface area contributed by atoms with Crippen molar-refractivity contribution in [3.8, 4) is 5.75 Å². The van der Waals surface area contributed by atoms with Crippen molar-refractivity contribution < 1.29 is 19.4 Å². The van der Waals surface area contributed by atoms with Crippen molar-refractivity contribution in [1.82, 2.24) is 0 Å². The number of benzene rings is 1. The number of hydrogen-bond acceptors (Lipinski definition) is 4. The first-order valence-electron chi connectivity index (χ1n) is 6.91. The summed E-state index contributed by atoms with van der Waals surface area (Å²) < 4.78 is 10.9. The van der Waals surface area contributed by atoms with Crippen molar-refractivity contribution in [2.75, 3.05) is 25.6 Å². The molecule has 2 rings (SSSR count). The number of carboxylic acid groups (broad SMARTS) is 1. The molecule has 1 heterocycles. The van der Waals surface area contributed by atoms with Gasteiger partial charge >= 0.3 is 5.97 Å². The minimum atomic E-state index is -0.925. The van der Waals surface area contributed by atoms with Gasteiger partial charge in [-0.2, -0.15) is 11.8 Å². The van der Waals surface area contributed by atoms with Gasteiger partial charge in [0.25, 0.3) is 0 Å². The van der Waals surface area contributed by atoms with E-state index in [0.29, 0.717) is 12.4 Å². The summed E-state index contributed by atoms with van der Waals surface area (Å²) in [6, 6.07) is 6.62. The third kappa shape index (κ3) is 5.06. The largest absolute Gasteiger partial charge is 0.494 e. The average Bonchev–Trinajstić information content (AvgIpc) is 2.48. The van der Waals surface area contributed by atoms with Gasteiger partial charge < -0.3 is 14.6 Å². The second-order valence-electron chi connectivity index (χ2n) is 4.72. The second kappa shape index (κ2) is 8.17. The van der Waals surface area contributed by atoms with Crippen LogP contribution in [0.4, 0.5) is 0 Å². The van der Waals surface area contributed by atoms with Crippen LogP contribution in [0.2, 0.25) is 0 Å². The number of carboxylic acids is 1. The van der Waals surface area contributed by atoms with Crippen LogP contribution in [-0.2, 0) is 4.74 Å². The fourth-order valence-electron chi connectivity index (χ4n) is 2.06. The third-order valence-corrected chi connectivity index (χ3v) is 4.63. The van der Waals surface area contributed by atoms with Gasteiger partial charge in [0.2, 0.25) is 0 Å². The highest BCUT2D eigenvalue weighted by atomic mass is 32.2. The lowest BCUT2D eigenvalue weighted by Crippen LogP contribution is -2.18. The van der Waals surface area contributed by atoms with Crippen LogP contribution in [0.3, 0.4) is 0 Å². The van der Waals surface area contributed by atoms with E-state index in [-0.39, 0.29) is 5.56 Å². The summed E-state index contributed by atoms with van der Waals surface area (Å²) >= 11 is 1.99. The molecule has 4 nitrogen and oxygen atoms in total. The van der Waals surface area contributed by atoms with Crippen molar-refractivity contribution in [2.45, 2.75) is 24.5 Å². The van der Waals surface area contributed by atoms with Crippen molar-refractivity contribution >= 4 is 17.7 Å². The summed E-state index contributed by atoms with van der Waals surface area (Å²) in [6.07, 6.45) is 3.26. The van der Waals surface area contributed by atoms with Crippen LogP contribution in [0.5, 0.6) is 5.75 Å². The van der Waals surface area contributed by atoms with Gasteiger partial charge in [0.15, 0.2) is 0 Å². The van der Waals surface area contributed by atoms with Gasteiger partial charge in [-0.3, -0.25) is 0 Å². The van der Waals surface area contributed by atoms with E-state index >= 15 is 0 Å². The van der Waals surface area contributed by atoms with Crippen LogP contribution in [0, 0.1) is 0 Å². The minimum Gasteiger partial charge on any atom is -0.494 e. The molecule has 1 saturated heterocycles. The van der Waals surface area contributed by atoms with Gasteiger partial charge in [-0.05, 0) is 43.2 Å². The zero-order chi connectivity index (χ0) is 14.2. The van der Waals surface area contributed by atoms with E-state index in [1.807, 2.05) is 11.8 Å². The smallest absolute Gasteiger partial charge is 0.335 e. The van der Waals surface area contributed by atoms with E-state index in [1.54, 1.807) is 24.3 Å². The quantitative estimate of drug-likeness (QED) is 0.784. The minimum absolute atomic E-state index is 0.263. The highest BCUT2D eigenvalue weighted by Gasteiger charge is 2.13. The second-order valence-corrected chi connectivity index (χ2v) is 6.13. The number of carbonyl (C=O) groups is 1. The number of hydrogen-bond donors (Lipinski definition) is 1. The van der Waals surface area contributed by atoms with E-state index in [9.17, 15) is 4.79 Å². The fourth-order valence-corrected chi connectivity index (χ4v) is 3.20. The first-order valence-corrected chi connectivity index (χ1v) is 7.96. The number of aromatic carboxylic acids is 1. The molecule has 1 aromatic carbocycles. The Balaban J connectivity index is 1.63. The SMILES string of the molecule is O=C(O)c1cccc(OCCCSC2CCOCC2)c1. The molecule has 0 radical (unpaired) electrons. The Morgan fingerprint density at radius 3 is 2.95 bits per heavy atom. The van der Waals surface area contributed by atoms with Crippen LogP contribution in [0.25, 0.3) is 0 Å². The Bertz CT molecular complexity index is 430. The first kappa shape index (κ1) is 15.2. The van der Waals surface area contributed by atoms with Crippen LogP contribution >= 0.6 is 11.8 Å². The van der Waals surface area contributed by atoms with E-state index in [2.05, 4.69) is 0 Å². The molecule has 1 aromatic rings. The Labute approximate surface area is 123 Å². The summed E-state index contributed by atoms with van der Waals surface area (Å²) in [5.41, 5.74) is 0.263. The van der Waals surface area contributed by atoms with Crippen LogP contribution in [-0.4, -0.2) is 41.9 Å². The molecule has 0 aromatic heterocycles. The maximum Gasteiger partial charge on any atom is 0.335 e. The molecule has 0 bridgehead atoms. The van der Waals surface area contributed by atoms with Crippen LogP contribution < -0.4 is 4.74 Å². The number of rotatable bonds is 7. The van der Waals surface area contributed by atoms with Gasteiger partial charge in [0, 0.05) is 18.5 Å². The summed E-state index contributed by atoms with van der Waals surface area (Å²) in [5.74, 6) is 0.773. The predicted molar refractivity (Wildman–Crippen MR) is 79.8 cm³/mol. The van der Waals surface area contributed by atoms with Crippen molar-refractivity contribution in [3.05, 3.63) is 29.8 Å². The standard InChI is InChI=1S/C15H20O4S/c16-15(17)12-3-1-4-13(11-12)19-7-2-10-20-14-5-8-18-9-6-14/h1,3-4,11,14H,2,5-10H2,(H,16,17). The maximum atomic E-state index is 10.8. The van der Waals surface area contributed by atoms with Gasteiger partial charge in [-0.25, -0.2) is 4.79 Å². The highest BCUT2D eigenvalue weighted by Crippen LogP contribution is 2.22. The topological polar surface area (TPSA) is 55.8 Å². The lowest BCUT2D eigenvalue weighted by Gasteiger charge is -2.21. The van der Waals surface area contributed by atoms with E-state index in [4.69, 9.17) is 14.6 Å². The zero-order valence-corrected chi connectivity index (χ0v) is 12.2. The Hall–Kier alpha value is -1.20. The maximum absolute atomic E-state index is 10.8. The molecular weight excluding hydrogens is 276 g/mol. The number of thioether (sulfide) groups is 1. The highest BCUT2D eigenvalue weighted by molar-refractivity contribution is 7.99. The molecule has 0 amide bonds. The van der Waals surface area contributed by atoms with Crippen LogP contribution in [0.15, 0.2) is 24.3 Å². The van der Waals surface area contributed by atoms with Crippen LogP contribution in [0.1, 0.15) is 29.6 Å². The molecule has 1 N–H and O–H groups in total. The van der Waals surface area contributed by atoms with Crippen molar-refractivity contribution in [2.24, 2.45) is 0 Å². The summed E-state index contributed by atoms with van der Waals surface area (Å²) in [4.78, 5) is 10.8. The molecule has 0 unspecified atom stereocenters. The molecule has 0 spiro atoms. The van der Waals surface area contributed by atoms with Crippen molar-refractivity contribution in [3.63, 3.8) is 0 Å². The molecule has 1 fully saturated rings. The molecule has 0 saturated carbocycles. The zero-order valence-electron chi connectivity index (χ0n) is 11.4. The van der Waals surface area contributed by atoms with Gasteiger partial charge in [-0.1, -0.05) is 6.07 Å². The Morgan fingerprint density at radius 2 is 2.20 bits per heavy atom. The van der Waals surface area contributed by atoms with E-state index in [1.165, 1.54) is 0 Å². The lowest BCUT2D eigenvalue weighted by atomic mass is 10.2. The average molecular weight is 296 g/mol. The molecular formula is C15H20O4S. The Morgan fingerprint density at radius 1 is 1.40 bits per heavy atom. The van der Waals surface area contributed by atoms with Crippen molar-refractivity contribution in [1.29, 1.82) is 0 Å². The van der Waals surface area contributed by atoms with E-state index in [0.717, 1.165) is 43.5 Å². The Kier molecular flexibility index (Phi) is 6.21. The third-order valence-electron chi connectivity index (χ3n) is 3.16. The summed E-state index contributed by atoms with van der Waals surface area (Å²) in [6.45, 7) is 2.39. The van der Waals surface area contributed by atoms with Gasteiger partial charge in [0.05, 0.1) is 12.2 Å². The van der Waals surface area contributed by atoms with E-state index < -0.39 is 5.97 Å². The number of ether oxygens (including phenoxy) is 2. The fraction of sp³-hybridized carbons (Fsp3) is 0.533. The van der Waals surface area contributed by atoms with Gasteiger partial charge in [0.1, 0.15) is 5.75 Å². The molecule has 0 aliphatic carbocycles. The summed E-state index contributed by atoms with van der Waals surface area (Å²) in [7, 11) is 0. The van der Waals surface area contributed by atoms with Gasteiger partial charge in [-0.15, -0.1) is 0 Å². The molecule has 5 heteroatoms. The lowest BCUT2D eigenvalue weighted by molar-refractivity contribution is 0.0696. The molecule has 110 valence electrons. The normalized spacial score (nSPS) is 16.0. The predicted octanol–water partition coefficient (Wildman–Crippen LogP) is 3.07. The first-order chi connectivity index (χ1) is 9.75. The molecule has 1 aliphatic heterocycles. The molecule has 1 aliphatic rings.